The fourth-order valence-electron chi connectivity index (χ4n) is 8.91. The highest BCUT2D eigenvalue weighted by atomic mass is 19.4. The van der Waals surface area contributed by atoms with Gasteiger partial charge in [0.15, 0.2) is 0 Å². The van der Waals surface area contributed by atoms with Crippen LogP contribution in [0.4, 0.5) is 26.7 Å². The van der Waals surface area contributed by atoms with E-state index < -0.39 is 23.7 Å². The van der Waals surface area contributed by atoms with Crippen molar-refractivity contribution < 1.29 is 50.9 Å². The average Bonchev–Trinajstić information content (AvgIpc) is 3.46. The highest BCUT2D eigenvalue weighted by molar-refractivity contribution is 5.96. The molecular weight excluding hydrogens is 741 g/mol. The van der Waals surface area contributed by atoms with Crippen LogP contribution in [0.5, 0.6) is 5.75 Å². The standard InChI is InChI=1S/C38H55F2N5O4.C2HF3O2/c1-6-7-8-30-26-43(25-29-13-15-38(39,40)16-14-29)35(47)49-37(30)19-23-44(24-20-37)36(4)17-21-42(22-18-36)34(46)33-27(2)41-45(28(33)3)31-9-11-32(48-5)12-10-31;3-2(4,5)1(6)7/h9-12,29-30H,6-8,13-26H2,1-5H3;(H,6,7). The number of aryl methyl sites for hydroxylation is 1. The van der Waals surface area contributed by atoms with Gasteiger partial charge in [0.2, 0.25) is 5.92 Å². The number of hydrogen-bond acceptors (Lipinski definition) is 7. The number of hydrogen-bond donors (Lipinski definition) is 1. The molecule has 6 rings (SSSR count). The summed E-state index contributed by atoms with van der Waals surface area (Å²) < 4.78 is 72.8. The maximum Gasteiger partial charge on any atom is 0.490 e. The van der Waals surface area contributed by atoms with Crippen LogP contribution < -0.4 is 4.74 Å². The molecule has 0 radical (unpaired) electrons. The molecule has 56 heavy (non-hydrogen) atoms. The molecule has 1 aromatic carbocycles. The summed E-state index contributed by atoms with van der Waals surface area (Å²) >= 11 is 0. The molecule has 2 amide bonds. The summed E-state index contributed by atoms with van der Waals surface area (Å²) in [5, 5.41) is 11.8. The molecular formula is C40H56F5N5O6. The number of alkyl halides is 5. The third kappa shape index (κ3) is 9.76. The molecule has 4 fully saturated rings. The predicted molar refractivity (Wildman–Crippen MR) is 198 cm³/mol. The van der Waals surface area contributed by atoms with Crippen molar-refractivity contribution in [2.45, 2.75) is 122 Å². The number of likely N-dealkylation sites (tertiary alicyclic amines) is 2. The van der Waals surface area contributed by atoms with Crippen LogP contribution in [0.2, 0.25) is 0 Å². The molecule has 1 N–H and O–H groups in total. The molecule has 3 aliphatic heterocycles. The number of nitrogens with zero attached hydrogens (tertiary/aromatic N) is 5. The summed E-state index contributed by atoms with van der Waals surface area (Å²) in [6.45, 7) is 12.6. The molecule has 3 saturated heterocycles. The van der Waals surface area contributed by atoms with Crippen molar-refractivity contribution in [3.05, 3.63) is 41.2 Å². The number of halogens is 5. The monoisotopic (exact) mass is 797 g/mol. The number of carbonyl (C=O) groups is 3. The molecule has 11 nitrogen and oxygen atoms in total. The van der Waals surface area contributed by atoms with Crippen LogP contribution in [-0.4, -0.2) is 117 Å². The SMILES string of the molecule is CCCCC1CN(CC2CCC(F)(F)CC2)C(=O)OC12CCN(C1(C)CCN(C(=O)c3c(C)nn(-c4ccc(OC)cc4)c3C)CC1)CC2.O=C(O)C(F)(F)F. The van der Waals surface area contributed by atoms with Gasteiger partial charge in [-0.1, -0.05) is 19.8 Å². The second-order valence-electron chi connectivity index (χ2n) is 16.2. The molecule has 0 bridgehead atoms. The summed E-state index contributed by atoms with van der Waals surface area (Å²) in [5.41, 5.74) is 2.62. The summed E-state index contributed by atoms with van der Waals surface area (Å²) in [6.07, 6.45) is 1.94. The number of aliphatic carboxylic acids is 1. The van der Waals surface area contributed by atoms with Crippen molar-refractivity contribution in [1.29, 1.82) is 0 Å². The highest BCUT2D eigenvalue weighted by Crippen LogP contribution is 2.44. The number of rotatable bonds is 9. The van der Waals surface area contributed by atoms with Crippen molar-refractivity contribution in [2.75, 3.05) is 46.4 Å². The first-order valence-electron chi connectivity index (χ1n) is 19.7. The molecule has 1 saturated carbocycles. The molecule has 16 heteroatoms. The average molecular weight is 798 g/mol. The molecule has 2 aromatic rings. The Labute approximate surface area is 325 Å². The van der Waals surface area contributed by atoms with E-state index in [1.165, 1.54) is 0 Å². The predicted octanol–water partition coefficient (Wildman–Crippen LogP) is 8.04. The minimum Gasteiger partial charge on any atom is -0.497 e. The van der Waals surface area contributed by atoms with Crippen molar-refractivity contribution in [2.24, 2.45) is 11.8 Å². The number of unbranched alkanes of at least 4 members (excludes halogenated alkanes) is 1. The van der Waals surface area contributed by atoms with E-state index >= 15 is 0 Å². The zero-order chi connectivity index (χ0) is 41.1. The van der Waals surface area contributed by atoms with Gasteiger partial charge in [-0.05, 0) is 83.1 Å². The van der Waals surface area contributed by atoms with Gasteiger partial charge in [-0.3, -0.25) is 9.69 Å². The van der Waals surface area contributed by atoms with Crippen molar-refractivity contribution >= 4 is 18.0 Å². The molecule has 1 aliphatic carbocycles. The topological polar surface area (TPSA) is 117 Å². The number of ether oxygens (including phenoxy) is 2. The summed E-state index contributed by atoms with van der Waals surface area (Å²) in [6, 6.07) is 7.68. The lowest BCUT2D eigenvalue weighted by Crippen LogP contribution is -2.64. The molecule has 4 aliphatic rings. The minimum absolute atomic E-state index is 0.0359. The molecule has 1 spiro atoms. The van der Waals surface area contributed by atoms with Crippen LogP contribution in [0.15, 0.2) is 24.3 Å². The highest BCUT2D eigenvalue weighted by Gasteiger charge is 2.52. The van der Waals surface area contributed by atoms with Crippen LogP contribution in [0.1, 0.15) is 106 Å². The third-order valence-electron chi connectivity index (χ3n) is 12.5. The lowest BCUT2D eigenvalue weighted by molar-refractivity contribution is -0.192. The number of methoxy groups -OCH3 is 1. The quantitative estimate of drug-likeness (QED) is 0.254. The Morgan fingerprint density at radius 1 is 0.982 bits per heavy atom. The lowest BCUT2D eigenvalue weighted by atomic mass is 9.74. The summed E-state index contributed by atoms with van der Waals surface area (Å²) in [7, 11) is 1.64. The summed E-state index contributed by atoms with van der Waals surface area (Å²) in [4.78, 5) is 42.5. The Hall–Kier alpha value is -3.95. The maximum absolute atomic E-state index is 13.9. The van der Waals surface area contributed by atoms with Crippen molar-refractivity contribution in [3.8, 4) is 11.4 Å². The Morgan fingerprint density at radius 3 is 2.11 bits per heavy atom. The Morgan fingerprint density at radius 2 is 1.57 bits per heavy atom. The van der Waals surface area contributed by atoms with Gasteiger partial charge in [0.05, 0.1) is 29.7 Å². The van der Waals surface area contributed by atoms with E-state index in [9.17, 15) is 31.5 Å². The van der Waals surface area contributed by atoms with E-state index in [2.05, 4.69) is 18.7 Å². The first kappa shape index (κ1) is 43.2. The van der Waals surface area contributed by atoms with Crippen molar-refractivity contribution in [3.63, 3.8) is 0 Å². The van der Waals surface area contributed by atoms with Gasteiger partial charge in [0.25, 0.3) is 5.91 Å². The largest absolute Gasteiger partial charge is 0.497 e. The van der Waals surface area contributed by atoms with E-state index in [1.54, 1.807) is 7.11 Å². The molecule has 1 atom stereocenters. The van der Waals surface area contributed by atoms with E-state index in [4.69, 9.17) is 24.5 Å². The first-order chi connectivity index (χ1) is 26.3. The zero-order valence-electron chi connectivity index (χ0n) is 33.1. The van der Waals surface area contributed by atoms with E-state index in [0.717, 1.165) is 80.9 Å². The van der Waals surface area contributed by atoms with Crippen LogP contribution in [0, 0.1) is 25.7 Å². The number of piperidine rings is 2. The van der Waals surface area contributed by atoms with Crippen molar-refractivity contribution in [1.82, 2.24) is 24.5 Å². The number of carbonyl (C=O) groups excluding carboxylic acids is 2. The number of benzene rings is 1. The van der Waals surface area contributed by atoms with Crippen LogP contribution in [-0.2, 0) is 9.53 Å². The molecule has 1 unspecified atom stereocenters. The van der Waals surface area contributed by atoms with E-state index in [0.29, 0.717) is 44.6 Å². The summed E-state index contributed by atoms with van der Waals surface area (Å²) in [5.74, 6) is -4.15. The molecule has 312 valence electrons. The fourth-order valence-corrected chi connectivity index (χ4v) is 8.91. The third-order valence-corrected chi connectivity index (χ3v) is 12.5. The smallest absolute Gasteiger partial charge is 0.490 e. The number of amides is 2. The Kier molecular flexibility index (Phi) is 13.3. The first-order valence-corrected chi connectivity index (χ1v) is 19.7. The second-order valence-corrected chi connectivity index (χ2v) is 16.2. The van der Waals surface area contributed by atoms with E-state index in [1.807, 2.05) is 52.6 Å². The maximum atomic E-state index is 13.9. The van der Waals surface area contributed by atoms with Gasteiger partial charge in [-0.25, -0.2) is 23.1 Å². The van der Waals surface area contributed by atoms with E-state index in [-0.39, 0.29) is 42.2 Å². The molecule has 4 heterocycles. The Bertz CT molecular complexity index is 1670. The van der Waals surface area contributed by atoms with Crippen LogP contribution in [0.25, 0.3) is 5.69 Å². The van der Waals surface area contributed by atoms with Gasteiger partial charge in [0.1, 0.15) is 11.4 Å². The normalized spacial score (nSPS) is 22.6. The van der Waals surface area contributed by atoms with Crippen LogP contribution in [0.3, 0.4) is 0 Å². The lowest BCUT2D eigenvalue weighted by Gasteiger charge is -2.55. The molecule has 1 aromatic heterocycles. The second kappa shape index (κ2) is 17.3. The fraction of sp³-hybridized carbons (Fsp3) is 0.700. The number of carboxylic acid groups (broad SMARTS) is 1. The van der Waals surface area contributed by atoms with Gasteiger partial charge in [-0.15, -0.1) is 0 Å². The zero-order valence-corrected chi connectivity index (χ0v) is 33.1. The Balaban J connectivity index is 0.000000784. The number of carboxylic acids is 1. The van der Waals surface area contributed by atoms with Gasteiger partial charge >= 0.3 is 18.2 Å². The van der Waals surface area contributed by atoms with Crippen LogP contribution >= 0.6 is 0 Å². The van der Waals surface area contributed by atoms with Gasteiger partial charge in [-0.2, -0.15) is 18.3 Å². The van der Waals surface area contributed by atoms with Gasteiger partial charge < -0.3 is 24.4 Å². The minimum atomic E-state index is -5.08. The number of aromatic nitrogens is 2. The van der Waals surface area contributed by atoms with Gasteiger partial charge in [0, 0.05) is 76.4 Å².